The van der Waals surface area contributed by atoms with E-state index in [0.29, 0.717) is 18.0 Å². The molecular formula is C20H23N3O2. The molecule has 0 amide bonds. The Hall–Kier alpha value is -2.42. The minimum Gasteiger partial charge on any atom is -0.474 e. The van der Waals surface area contributed by atoms with Crippen molar-refractivity contribution in [1.29, 1.82) is 5.26 Å². The molecule has 130 valence electrons. The number of benzene rings is 1. The number of pyridine rings is 1. The number of piperidine rings is 1. The monoisotopic (exact) mass is 337 g/mol. The highest BCUT2D eigenvalue weighted by molar-refractivity contribution is 5.32. The number of β-amino-alcohol motifs (C(OH)–C–C–N with tert-alkyl or cyclic N) is 1. The maximum absolute atomic E-state index is 10.4. The zero-order valence-corrected chi connectivity index (χ0v) is 14.4. The first-order valence-electron chi connectivity index (χ1n) is 8.64. The van der Waals surface area contributed by atoms with Crippen LogP contribution in [-0.4, -0.2) is 40.7 Å². The lowest BCUT2D eigenvalue weighted by Crippen LogP contribution is -2.40. The van der Waals surface area contributed by atoms with Crippen molar-refractivity contribution in [2.75, 3.05) is 19.6 Å². The zero-order valence-electron chi connectivity index (χ0n) is 14.4. The highest BCUT2D eigenvalue weighted by Crippen LogP contribution is 2.21. The topological polar surface area (TPSA) is 69.4 Å². The molecule has 5 nitrogen and oxygen atoms in total. The summed E-state index contributed by atoms with van der Waals surface area (Å²) in [6, 6.07) is 13.1. The van der Waals surface area contributed by atoms with Crippen molar-refractivity contribution in [3.05, 3.63) is 59.3 Å². The summed E-state index contributed by atoms with van der Waals surface area (Å²) in [5.74, 6) is 0.682. The van der Waals surface area contributed by atoms with Gasteiger partial charge in [-0.15, -0.1) is 0 Å². The summed E-state index contributed by atoms with van der Waals surface area (Å²) in [5, 5.41) is 19.2. The van der Waals surface area contributed by atoms with Crippen LogP contribution in [0, 0.1) is 18.3 Å². The first kappa shape index (κ1) is 17.4. The largest absolute Gasteiger partial charge is 0.474 e. The van der Waals surface area contributed by atoms with Crippen LogP contribution in [0.25, 0.3) is 0 Å². The Kier molecular flexibility index (Phi) is 5.64. The third-order valence-electron chi connectivity index (χ3n) is 4.56. The van der Waals surface area contributed by atoms with Crippen LogP contribution in [0.1, 0.15) is 35.6 Å². The molecule has 1 aliphatic rings. The third-order valence-corrected chi connectivity index (χ3v) is 4.56. The molecule has 1 saturated heterocycles. The van der Waals surface area contributed by atoms with Crippen LogP contribution in [0.15, 0.2) is 42.6 Å². The number of ether oxygens (including phenoxy) is 1. The highest BCUT2D eigenvalue weighted by Gasteiger charge is 2.23. The number of hydrogen-bond acceptors (Lipinski definition) is 5. The predicted octanol–water partition coefficient (Wildman–Crippen LogP) is 2.84. The van der Waals surface area contributed by atoms with E-state index in [9.17, 15) is 5.11 Å². The Balaban J connectivity index is 1.47. The van der Waals surface area contributed by atoms with Gasteiger partial charge in [-0.1, -0.05) is 18.2 Å². The molecule has 0 bridgehead atoms. The minimum absolute atomic E-state index is 0.179. The Morgan fingerprint density at radius 2 is 1.96 bits per heavy atom. The molecule has 5 heteroatoms. The van der Waals surface area contributed by atoms with Crippen LogP contribution < -0.4 is 4.74 Å². The summed E-state index contributed by atoms with van der Waals surface area (Å²) in [5.41, 5.74) is 2.58. The second-order valence-corrected chi connectivity index (χ2v) is 6.54. The third kappa shape index (κ3) is 4.79. The van der Waals surface area contributed by atoms with Gasteiger partial charge in [-0.25, -0.2) is 4.98 Å². The van der Waals surface area contributed by atoms with Gasteiger partial charge in [0.2, 0.25) is 5.88 Å². The van der Waals surface area contributed by atoms with Gasteiger partial charge >= 0.3 is 0 Å². The van der Waals surface area contributed by atoms with Crippen LogP contribution in [0.5, 0.6) is 5.88 Å². The van der Waals surface area contributed by atoms with Crippen molar-refractivity contribution in [1.82, 2.24) is 9.88 Å². The summed E-state index contributed by atoms with van der Waals surface area (Å²) in [7, 11) is 0. The summed E-state index contributed by atoms with van der Waals surface area (Å²) >= 11 is 0. The summed E-state index contributed by atoms with van der Waals surface area (Å²) in [4.78, 5) is 6.55. The number of aromatic nitrogens is 1. The van der Waals surface area contributed by atoms with Gasteiger partial charge in [0.25, 0.3) is 0 Å². The molecule has 2 heterocycles. The quantitative estimate of drug-likeness (QED) is 0.908. The van der Waals surface area contributed by atoms with Crippen LogP contribution in [0.2, 0.25) is 0 Å². The smallest absolute Gasteiger partial charge is 0.213 e. The van der Waals surface area contributed by atoms with Gasteiger partial charge in [0.05, 0.1) is 17.7 Å². The van der Waals surface area contributed by atoms with E-state index in [1.807, 2.05) is 37.4 Å². The Labute approximate surface area is 148 Å². The first-order chi connectivity index (χ1) is 12.1. The molecular weight excluding hydrogens is 314 g/mol. The van der Waals surface area contributed by atoms with Gasteiger partial charge in [-0.3, -0.25) is 0 Å². The lowest BCUT2D eigenvalue weighted by atomic mass is 10.0. The van der Waals surface area contributed by atoms with E-state index in [1.54, 1.807) is 12.1 Å². The van der Waals surface area contributed by atoms with E-state index in [2.05, 4.69) is 16.0 Å². The SMILES string of the molecule is Cc1ccc(OC2CCN(CC(O)c3ccc(C#N)cc3)CC2)nc1. The van der Waals surface area contributed by atoms with Gasteiger partial charge in [-0.05, 0) is 43.0 Å². The van der Waals surface area contributed by atoms with Crippen molar-refractivity contribution in [2.24, 2.45) is 0 Å². The number of aliphatic hydroxyl groups excluding tert-OH is 1. The standard InChI is InChI=1S/C20H23N3O2/c1-15-2-7-20(22-13-15)25-18-8-10-23(11-9-18)14-19(24)17-5-3-16(12-21)4-6-17/h2-7,13,18-19,24H,8-11,14H2,1H3. The fraction of sp³-hybridized carbons (Fsp3) is 0.400. The van der Waals surface area contributed by atoms with Gasteiger partial charge in [0, 0.05) is 31.9 Å². The van der Waals surface area contributed by atoms with E-state index < -0.39 is 6.10 Å². The van der Waals surface area contributed by atoms with E-state index in [0.717, 1.165) is 37.1 Å². The molecule has 0 saturated carbocycles. The average Bonchev–Trinajstić information content (AvgIpc) is 2.65. The normalized spacial score (nSPS) is 17.0. The summed E-state index contributed by atoms with van der Waals surface area (Å²) in [6.45, 7) is 4.39. The number of hydrogen-bond donors (Lipinski definition) is 1. The molecule has 0 spiro atoms. The van der Waals surface area contributed by atoms with E-state index in [-0.39, 0.29) is 6.10 Å². The highest BCUT2D eigenvalue weighted by atomic mass is 16.5. The second-order valence-electron chi connectivity index (χ2n) is 6.54. The predicted molar refractivity (Wildman–Crippen MR) is 95.2 cm³/mol. The Bertz CT molecular complexity index is 714. The molecule has 2 aromatic rings. The van der Waals surface area contributed by atoms with Crippen LogP contribution in [0.3, 0.4) is 0 Å². The number of rotatable bonds is 5. The van der Waals surface area contributed by atoms with Crippen LogP contribution >= 0.6 is 0 Å². The maximum Gasteiger partial charge on any atom is 0.213 e. The molecule has 1 fully saturated rings. The van der Waals surface area contributed by atoms with Gasteiger partial charge in [-0.2, -0.15) is 5.26 Å². The molecule has 1 aromatic carbocycles. The van der Waals surface area contributed by atoms with Crippen molar-refractivity contribution in [3.8, 4) is 11.9 Å². The van der Waals surface area contributed by atoms with Crippen molar-refractivity contribution < 1.29 is 9.84 Å². The molecule has 0 radical (unpaired) electrons. The molecule has 3 rings (SSSR count). The molecule has 1 atom stereocenters. The molecule has 1 aromatic heterocycles. The minimum atomic E-state index is -0.538. The number of aliphatic hydroxyl groups is 1. The van der Waals surface area contributed by atoms with E-state index in [1.165, 1.54) is 0 Å². The van der Waals surface area contributed by atoms with Gasteiger partial charge in [0.15, 0.2) is 0 Å². The second kappa shape index (κ2) is 8.11. The average molecular weight is 337 g/mol. The fourth-order valence-corrected chi connectivity index (χ4v) is 3.03. The number of aryl methyl sites for hydroxylation is 1. The lowest BCUT2D eigenvalue weighted by Gasteiger charge is -2.33. The number of likely N-dealkylation sites (tertiary alicyclic amines) is 1. The maximum atomic E-state index is 10.4. The van der Waals surface area contributed by atoms with Crippen LogP contribution in [0.4, 0.5) is 0 Å². The number of nitrogens with zero attached hydrogens (tertiary/aromatic N) is 3. The van der Waals surface area contributed by atoms with Gasteiger partial charge < -0.3 is 14.7 Å². The molecule has 0 aliphatic carbocycles. The molecule has 1 unspecified atom stereocenters. The van der Waals surface area contributed by atoms with Crippen molar-refractivity contribution in [3.63, 3.8) is 0 Å². The van der Waals surface area contributed by atoms with Crippen LogP contribution in [-0.2, 0) is 0 Å². The first-order valence-corrected chi connectivity index (χ1v) is 8.64. The van der Waals surface area contributed by atoms with Gasteiger partial charge in [0.1, 0.15) is 6.10 Å². The summed E-state index contributed by atoms with van der Waals surface area (Å²) < 4.78 is 5.94. The molecule has 1 N–H and O–H groups in total. The zero-order chi connectivity index (χ0) is 17.6. The van der Waals surface area contributed by atoms with E-state index >= 15 is 0 Å². The lowest BCUT2D eigenvalue weighted by molar-refractivity contribution is 0.0592. The number of nitriles is 1. The molecule has 1 aliphatic heterocycles. The van der Waals surface area contributed by atoms with Crippen molar-refractivity contribution in [2.45, 2.75) is 32.0 Å². The Morgan fingerprint density at radius 1 is 1.24 bits per heavy atom. The molecule has 25 heavy (non-hydrogen) atoms. The van der Waals surface area contributed by atoms with E-state index in [4.69, 9.17) is 10.00 Å². The van der Waals surface area contributed by atoms with Crippen molar-refractivity contribution >= 4 is 0 Å². The summed E-state index contributed by atoms with van der Waals surface area (Å²) in [6.07, 6.45) is 3.31. The Morgan fingerprint density at radius 3 is 2.56 bits per heavy atom. The fourth-order valence-electron chi connectivity index (χ4n) is 3.03.